The summed E-state index contributed by atoms with van der Waals surface area (Å²) in [5.41, 5.74) is 0. The van der Waals surface area contributed by atoms with Crippen LogP contribution in [0.5, 0.6) is 0 Å². The maximum absolute atomic E-state index is 12.7. The van der Waals surface area contributed by atoms with Crippen molar-refractivity contribution in [3.8, 4) is 0 Å². The third-order valence-electron chi connectivity index (χ3n) is 10.8. The first-order chi connectivity index (χ1) is 32.3. The van der Waals surface area contributed by atoms with Crippen molar-refractivity contribution in [2.45, 2.75) is 219 Å². The Kier molecular flexibility index (Phi) is 49.7. The van der Waals surface area contributed by atoms with Crippen LogP contribution in [-0.2, 0) is 27.9 Å². The van der Waals surface area contributed by atoms with Crippen LogP contribution < -0.4 is 0 Å². The fourth-order valence-electron chi connectivity index (χ4n) is 6.80. The predicted molar refractivity (Wildman–Crippen MR) is 278 cm³/mol. The minimum absolute atomic E-state index is 0.0301. The number of phosphoric ester groups is 1. The van der Waals surface area contributed by atoms with Crippen LogP contribution in [0.1, 0.15) is 206 Å². The number of allylic oxidation sites excluding steroid dienone is 16. The summed E-state index contributed by atoms with van der Waals surface area (Å²) in [4.78, 5) is 22.7. The van der Waals surface area contributed by atoms with E-state index in [1.807, 2.05) is 0 Å². The number of hydrogen-bond acceptors (Lipinski definition) is 8. The van der Waals surface area contributed by atoms with E-state index in [4.69, 9.17) is 23.6 Å². The molecule has 10 heteroatoms. The number of carbonyl (C=O) groups is 1. The van der Waals surface area contributed by atoms with Crippen molar-refractivity contribution in [2.75, 3.05) is 33.0 Å². The van der Waals surface area contributed by atoms with E-state index in [1.165, 1.54) is 83.5 Å². The molecule has 0 saturated carbocycles. The van der Waals surface area contributed by atoms with Gasteiger partial charge in [0.1, 0.15) is 12.2 Å². The summed E-state index contributed by atoms with van der Waals surface area (Å²) >= 11 is 0. The van der Waals surface area contributed by atoms with Gasteiger partial charge in [-0.1, -0.05) is 201 Å². The lowest BCUT2D eigenvalue weighted by Crippen LogP contribution is -2.29. The molecule has 9 nitrogen and oxygen atoms in total. The van der Waals surface area contributed by atoms with Crippen molar-refractivity contribution in [1.29, 1.82) is 0 Å². The number of phosphoric acid groups is 1. The van der Waals surface area contributed by atoms with Crippen LogP contribution in [0.2, 0.25) is 0 Å². The van der Waals surface area contributed by atoms with E-state index in [0.29, 0.717) is 13.0 Å². The number of esters is 1. The molecule has 0 aliphatic carbocycles. The summed E-state index contributed by atoms with van der Waals surface area (Å²) in [5, 5.41) is 18.4. The van der Waals surface area contributed by atoms with Crippen molar-refractivity contribution < 1.29 is 43.0 Å². The molecule has 0 fully saturated rings. The molecule has 3 N–H and O–H groups in total. The standard InChI is InChI=1S/C56H97O9P/c1-3-5-7-9-11-13-15-17-19-21-23-25-27-28-30-32-34-36-38-40-42-44-46-48-56(59)65-55(53-64-66(60,61)63-51-54(58)50-57)52-62-49-47-45-43-41-39-37-35-33-31-29-26-24-22-20-18-16-14-12-10-8-6-4-2/h6,8,12,14-15,17-18,20-21,23-24,26-28,31,33,54-55,57-58H,3-5,7,9-11,13,16,19,22,25,29-30,32,34-53H2,1-2H3,(H,60,61)/b8-6-,14-12-,17-15-,20-18-,23-21-,26-24-,28-27-,33-31-. The van der Waals surface area contributed by atoms with Gasteiger partial charge in [0.05, 0.1) is 26.4 Å². The Bertz CT molecular complexity index is 1350. The highest BCUT2D eigenvalue weighted by molar-refractivity contribution is 7.47. The first kappa shape index (κ1) is 63.4. The minimum atomic E-state index is -4.54. The van der Waals surface area contributed by atoms with E-state index in [1.54, 1.807) is 0 Å². The molecule has 0 aromatic carbocycles. The second-order valence-corrected chi connectivity index (χ2v) is 18.6. The number of rotatable bonds is 49. The van der Waals surface area contributed by atoms with Gasteiger partial charge < -0.3 is 24.6 Å². The third kappa shape index (κ3) is 50.8. The zero-order valence-corrected chi connectivity index (χ0v) is 42.8. The lowest BCUT2D eigenvalue weighted by atomic mass is 10.1. The number of hydrogen-bond donors (Lipinski definition) is 3. The van der Waals surface area contributed by atoms with E-state index < -0.39 is 45.8 Å². The molecule has 0 amide bonds. The van der Waals surface area contributed by atoms with Crippen molar-refractivity contribution >= 4 is 13.8 Å². The van der Waals surface area contributed by atoms with Crippen LogP contribution in [-0.4, -0.2) is 66.3 Å². The number of ether oxygens (including phenoxy) is 2. The van der Waals surface area contributed by atoms with Crippen molar-refractivity contribution in [2.24, 2.45) is 0 Å². The lowest BCUT2D eigenvalue weighted by molar-refractivity contribution is -0.154. The maximum Gasteiger partial charge on any atom is 0.472 e. The Morgan fingerprint density at radius 2 is 0.864 bits per heavy atom. The third-order valence-corrected chi connectivity index (χ3v) is 11.7. The van der Waals surface area contributed by atoms with Gasteiger partial charge in [-0.15, -0.1) is 0 Å². The Morgan fingerprint density at radius 3 is 1.30 bits per heavy atom. The fourth-order valence-corrected chi connectivity index (χ4v) is 7.59. The zero-order chi connectivity index (χ0) is 48.1. The van der Waals surface area contributed by atoms with Crippen LogP contribution in [0.3, 0.4) is 0 Å². The summed E-state index contributed by atoms with van der Waals surface area (Å²) in [6.45, 7) is 3.34. The van der Waals surface area contributed by atoms with Gasteiger partial charge in [-0.2, -0.15) is 0 Å². The highest BCUT2D eigenvalue weighted by atomic mass is 31.2. The van der Waals surface area contributed by atoms with Gasteiger partial charge in [0.15, 0.2) is 0 Å². The van der Waals surface area contributed by atoms with Gasteiger partial charge in [0.25, 0.3) is 0 Å². The predicted octanol–water partition coefficient (Wildman–Crippen LogP) is 15.6. The summed E-state index contributed by atoms with van der Waals surface area (Å²) in [6.07, 6.45) is 66.5. The van der Waals surface area contributed by atoms with Crippen LogP contribution >= 0.6 is 7.82 Å². The molecule has 3 atom stereocenters. The molecule has 0 saturated heterocycles. The van der Waals surface area contributed by atoms with Crippen LogP contribution in [0.25, 0.3) is 0 Å². The van der Waals surface area contributed by atoms with E-state index in [2.05, 4.69) is 111 Å². The second-order valence-electron chi connectivity index (χ2n) is 17.2. The van der Waals surface area contributed by atoms with E-state index in [-0.39, 0.29) is 13.0 Å². The molecule has 0 aliphatic rings. The van der Waals surface area contributed by atoms with Crippen molar-refractivity contribution in [3.63, 3.8) is 0 Å². The van der Waals surface area contributed by atoms with Gasteiger partial charge in [0, 0.05) is 13.0 Å². The maximum atomic E-state index is 12.7. The van der Waals surface area contributed by atoms with E-state index in [9.17, 15) is 19.4 Å². The highest BCUT2D eigenvalue weighted by Gasteiger charge is 2.26. The van der Waals surface area contributed by atoms with Crippen molar-refractivity contribution in [3.05, 3.63) is 97.2 Å². The molecule has 0 aromatic rings. The monoisotopic (exact) mass is 945 g/mol. The summed E-state index contributed by atoms with van der Waals surface area (Å²) in [6, 6.07) is 0. The zero-order valence-electron chi connectivity index (χ0n) is 41.9. The minimum Gasteiger partial charge on any atom is -0.457 e. The molecule has 0 bridgehead atoms. The first-order valence-corrected chi connectivity index (χ1v) is 27.7. The molecule has 0 heterocycles. The summed E-state index contributed by atoms with van der Waals surface area (Å²) in [7, 11) is -4.54. The van der Waals surface area contributed by atoms with Crippen molar-refractivity contribution in [1.82, 2.24) is 0 Å². The second kappa shape index (κ2) is 51.8. The Balaban J connectivity index is 4.15. The molecule has 0 rings (SSSR count). The van der Waals surface area contributed by atoms with Gasteiger partial charge in [-0.05, 0) is 96.3 Å². The number of aliphatic hydroxyl groups is 2. The van der Waals surface area contributed by atoms with Gasteiger partial charge >= 0.3 is 13.8 Å². The number of carbonyl (C=O) groups excluding carboxylic acids is 1. The van der Waals surface area contributed by atoms with Gasteiger partial charge in [-0.25, -0.2) is 4.57 Å². The first-order valence-electron chi connectivity index (χ1n) is 26.2. The van der Waals surface area contributed by atoms with Crippen LogP contribution in [0, 0.1) is 0 Å². The Hall–Kier alpha value is -2.62. The Labute approximate surface area is 404 Å². The molecule has 0 radical (unpaired) electrons. The smallest absolute Gasteiger partial charge is 0.457 e. The van der Waals surface area contributed by atoms with E-state index in [0.717, 1.165) is 96.3 Å². The normalized spacial score (nSPS) is 14.6. The topological polar surface area (TPSA) is 132 Å². The molecule has 66 heavy (non-hydrogen) atoms. The van der Waals surface area contributed by atoms with Crippen LogP contribution in [0.4, 0.5) is 0 Å². The van der Waals surface area contributed by atoms with Crippen LogP contribution in [0.15, 0.2) is 97.2 Å². The number of aliphatic hydroxyl groups excluding tert-OH is 2. The largest absolute Gasteiger partial charge is 0.472 e. The molecule has 380 valence electrons. The summed E-state index contributed by atoms with van der Waals surface area (Å²) in [5.74, 6) is -0.398. The van der Waals surface area contributed by atoms with Gasteiger partial charge in [-0.3, -0.25) is 13.8 Å². The summed E-state index contributed by atoms with van der Waals surface area (Å²) < 4.78 is 33.5. The van der Waals surface area contributed by atoms with Gasteiger partial charge in [0.2, 0.25) is 0 Å². The quantitative estimate of drug-likeness (QED) is 0.0236. The van der Waals surface area contributed by atoms with E-state index >= 15 is 0 Å². The molecule has 3 unspecified atom stereocenters. The Morgan fingerprint density at radius 1 is 0.485 bits per heavy atom. The molecular formula is C56H97O9P. The molecular weight excluding hydrogens is 848 g/mol. The molecule has 0 aliphatic heterocycles. The molecule has 0 spiro atoms. The lowest BCUT2D eigenvalue weighted by Gasteiger charge is -2.20. The molecule has 0 aromatic heterocycles. The number of unbranched alkanes of at least 4 members (excludes halogenated alkanes) is 19. The fraction of sp³-hybridized carbons (Fsp3) is 0.696. The SMILES string of the molecule is CC/C=C\C/C=C\C/C=C\C/C=C\C/C=C\CCCCCCCCOCC(COP(=O)(O)OCC(O)CO)OC(=O)CCCCCCCCCC/C=C\C/C=C\C/C=C\CCCCCCC. The highest BCUT2D eigenvalue weighted by Crippen LogP contribution is 2.43. The average Bonchev–Trinajstić information content (AvgIpc) is 3.31. The average molecular weight is 945 g/mol.